The molecule has 1 amide bonds. The first-order valence-electron chi connectivity index (χ1n) is 9.78. The van der Waals surface area contributed by atoms with E-state index in [1.807, 2.05) is 0 Å². The molecular weight excluding hydrogens is 382 g/mol. The molecule has 0 saturated carbocycles. The standard InChI is InChI=1S/C20H25NO8/c1-19(2)26-13-14(27-19)16-18(29-20(3,4)28-16)25-15(13)17(22)21-10-5-6-11-12(9-10)24-8-7-23-11/h5-6,9,13-16,18H,7-8H2,1-4H3,(H,21,22)/t13-,14+,15+,16-,18-/m1/s1. The Labute approximate surface area is 168 Å². The van der Waals surface area contributed by atoms with Crippen molar-refractivity contribution >= 4 is 11.6 Å². The molecule has 3 saturated heterocycles. The van der Waals surface area contributed by atoms with Crippen LogP contribution < -0.4 is 14.8 Å². The van der Waals surface area contributed by atoms with Crippen molar-refractivity contribution in [2.75, 3.05) is 18.5 Å². The third kappa shape index (κ3) is 3.47. The van der Waals surface area contributed by atoms with E-state index in [4.69, 9.17) is 33.2 Å². The van der Waals surface area contributed by atoms with Crippen LogP contribution in [0.1, 0.15) is 27.7 Å². The van der Waals surface area contributed by atoms with Gasteiger partial charge in [-0.05, 0) is 39.8 Å². The molecule has 3 fully saturated rings. The van der Waals surface area contributed by atoms with Gasteiger partial charge in [0.1, 0.15) is 31.5 Å². The fraction of sp³-hybridized carbons (Fsp3) is 0.650. The lowest BCUT2D eigenvalue weighted by molar-refractivity contribution is -0.229. The van der Waals surface area contributed by atoms with Gasteiger partial charge in [0.05, 0.1) is 0 Å². The maximum absolute atomic E-state index is 13.1. The van der Waals surface area contributed by atoms with Crippen LogP contribution >= 0.6 is 0 Å². The highest BCUT2D eigenvalue weighted by Gasteiger charge is 2.62. The van der Waals surface area contributed by atoms with Crippen molar-refractivity contribution in [3.05, 3.63) is 18.2 Å². The molecule has 9 heteroatoms. The normalized spacial score (nSPS) is 36.2. The Hall–Kier alpha value is -1.91. The molecule has 0 spiro atoms. The third-order valence-corrected chi connectivity index (χ3v) is 5.22. The molecule has 5 atom stereocenters. The molecule has 0 aliphatic carbocycles. The Morgan fingerprint density at radius 3 is 2.34 bits per heavy atom. The van der Waals surface area contributed by atoms with Crippen LogP contribution in [0.15, 0.2) is 18.2 Å². The number of hydrogen-bond acceptors (Lipinski definition) is 8. The van der Waals surface area contributed by atoms with Crippen LogP contribution in [0, 0.1) is 0 Å². The van der Waals surface area contributed by atoms with Crippen LogP contribution in [0.3, 0.4) is 0 Å². The van der Waals surface area contributed by atoms with Gasteiger partial charge in [-0.15, -0.1) is 0 Å². The molecule has 0 bridgehead atoms. The zero-order valence-electron chi connectivity index (χ0n) is 16.8. The Morgan fingerprint density at radius 2 is 1.55 bits per heavy atom. The highest BCUT2D eigenvalue weighted by Crippen LogP contribution is 2.44. The van der Waals surface area contributed by atoms with Gasteiger partial charge in [0.2, 0.25) is 0 Å². The number of carbonyl (C=O) groups excluding carboxylic acids is 1. The van der Waals surface area contributed by atoms with Gasteiger partial charge in [0.15, 0.2) is 35.5 Å². The lowest BCUT2D eigenvalue weighted by Crippen LogP contribution is -2.58. The van der Waals surface area contributed by atoms with Crippen LogP contribution in [0.5, 0.6) is 11.5 Å². The van der Waals surface area contributed by atoms with Crippen molar-refractivity contribution < 1.29 is 38.0 Å². The summed E-state index contributed by atoms with van der Waals surface area (Å²) in [6, 6.07) is 5.24. The van der Waals surface area contributed by atoms with Gasteiger partial charge in [-0.2, -0.15) is 0 Å². The lowest BCUT2D eigenvalue weighted by Gasteiger charge is -2.36. The minimum Gasteiger partial charge on any atom is -0.486 e. The predicted molar refractivity (Wildman–Crippen MR) is 98.6 cm³/mol. The van der Waals surface area contributed by atoms with E-state index in [0.29, 0.717) is 30.4 Å². The minimum absolute atomic E-state index is 0.357. The number of nitrogens with one attached hydrogen (secondary N) is 1. The number of fused-ring (bicyclic) bond motifs is 4. The summed E-state index contributed by atoms with van der Waals surface area (Å²) in [4.78, 5) is 13.1. The molecule has 1 aromatic carbocycles. The zero-order chi connectivity index (χ0) is 20.4. The summed E-state index contributed by atoms with van der Waals surface area (Å²) < 4.78 is 40.9. The van der Waals surface area contributed by atoms with Gasteiger partial charge in [0.25, 0.3) is 5.91 Å². The summed E-state index contributed by atoms with van der Waals surface area (Å²) in [6.07, 6.45) is -3.23. The van der Waals surface area contributed by atoms with Crippen molar-refractivity contribution in [2.45, 2.75) is 70.0 Å². The van der Waals surface area contributed by atoms with Crippen LogP contribution in [-0.4, -0.2) is 61.4 Å². The summed E-state index contributed by atoms with van der Waals surface area (Å²) >= 11 is 0. The minimum atomic E-state index is -0.922. The number of amides is 1. The maximum atomic E-state index is 13.1. The van der Waals surface area contributed by atoms with Gasteiger partial charge in [-0.25, -0.2) is 0 Å². The topological polar surface area (TPSA) is 93.7 Å². The Balaban J connectivity index is 1.37. The molecule has 1 N–H and O–H groups in total. The van der Waals surface area contributed by atoms with Crippen molar-refractivity contribution in [1.29, 1.82) is 0 Å². The molecule has 4 heterocycles. The number of rotatable bonds is 2. The van der Waals surface area contributed by atoms with Gasteiger partial charge in [-0.3, -0.25) is 4.79 Å². The van der Waals surface area contributed by atoms with E-state index < -0.39 is 42.3 Å². The van der Waals surface area contributed by atoms with Crippen LogP contribution in [0.25, 0.3) is 0 Å². The first-order chi connectivity index (χ1) is 13.7. The quantitative estimate of drug-likeness (QED) is 0.793. The molecule has 1 aromatic rings. The van der Waals surface area contributed by atoms with E-state index in [9.17, 15) is 4.79 Å². The van der Waals surface area contributed by atoms with Gasteiger partial charge in [-0.1, -0.05) is 0 Å². The van der Waals surface area contributed by atoms with Gasteiger partial charge < -0.3 is 38.5 Å². The second-order valence-electron chi connectivity index (χ2n) is 8.44. The average molecular weight is 407 g/mol. The van der Waals surface area contributed by atoms with Crippen molar-refractivity contribution in [3.63, 3.8) is 0 Å². The number of hydrogen-bond donors (Lipinski definition) is 1. The fourth-order valence-electron chi connectivity index (χ4n) is 4.16. The summed E-state index contributed by atoms with van der Waals surface area (Å²) in [5, 5.41) is 2.87. The monoisotopic (exact) mass is 407 g/mol. The van der Waals surface area contributed by atoms with Crippen molar-refractivity contribution in [3.8, 4) is 11.5 Å². The molecule has 158 valence electrons. The Kier molecular flexibility index (Phi) is 4.31. The van der Waals surface area contributed by atoms with E-state index in [0.717, 1.165) is 0 Å². The summed E-state index contributed by atoms with van der Waals surface area (Å²) in [7, 11) is 0. The lowest BCUT2D eigenvalue weighted by atomic mass is 9.98. The second-order valence-corrected chi connectivity index (χ2v) is 8.44. The van der Waals surface area contributed by atoms with Gasteiger partial charge in [0, 0.05) is 11.8 Å². The first kappa shape index (κ1) is 19.1. The number of anilines is 1. The highest BCUT2D eigenvalue weighted by atomic mass is 16.9. The smallest absolute Gasteiger partial charge is 0.256 e. The number of ether oxygens (including phenoxy) is 7. The SMILES string of the molecule is CC1(C)O[C@H]2[C@@H](O1)[C@@H](C(=O)Nc1ccc3c(c1)OCCO3)O[C@@H]1OC(C)(C)O[C@@H]12. The summed E-state index contributed by atoms with van der Waals surface area (Å²) in [5.74, 6) is -0.813. The molecule has 29 heavy (non-hydrogen) atoms. The Morgan fingerprint density at radius 1 is 0.897 bits per heavy atom. The maximum Gasteiger partial charge on any atom is 0.256 e. The Bertz CT molecular complexity index is 825. The average Bonchev–Trinajstić information content (AvgIpc) is 3.14. The second kappa shape index (κ2) is 6.55. The molecular formula is C20H25NO8. The molecule has 9 nitrogen and oxygen atoms in total. The van der Waals surface area contributed by atoms with E-state index in [-0.39, 0.29) is 5.91 Å². The fourth-order valence-corrected chi connectivity index (χ4v) is 4.16. The summed E-state index contributed by atoms with van der Waals surface area (Å²) in [5.41, 5.74) is 0.573. The van der Waals surface area contributed by atoms with Crippen molar-refractivity contribution in [2.24, 2.45) is 0 Å². The predicted octanol–water partition coefficient (Wildman–Crippen LogP) is 1.79. The van der Waals surface area contributed by atoms with E-state index >= 15 is 0 Å². The zero-order valence-corrected chi connectivity index (χ0v) is 16.8. The van der Waals surface area contributed by atoms with Crippen molar-refractivity contribution in [1.82, 2.24) is 0 Å². The van der Waals surface area contributed by atoms with E-state index in [2.05, 4.69) is 5.32 Å². The molecule has 0 aromatic heterocycles. The van der Waals surface area contributed by atoms with Crippen LogP contribution in [0.4, 0.5) is 5.69 Å². The van der Waals surface area contributed by atoms with E-state index in [1.54, 1.807) is 45.9 Å². The van der Waals surface area contributed by atoms with E-state index in [1.165, 1.54) is 0 Å². The van der Waals surface area contributed by atoms with Crippen LogP contribution in [0.2, 0.25) is 0 Å². The molecule has 4 aliphatic rings. The number of benzene rings is 1. The van der Waals surface area contributed by atoms with Gasteiger partial charge >= 0.3 is 0 Å². The molecule has 0 unspecified atom stereocenters. The van der Waals surface area contributed by atoms with Crippen LogP contribution in [-0.2, 0) is 28.5 Å². The first-order valence-corrected chi connectivity index (χ1v) is 9.78. The summed E-state index contributed by atoms with van der Waals surface area (Å²) in [6.45, 7) is 8.18. The molecule has 5 rings (SSSR count). The third-order valence-electron chi connectivity index (χ3n) is 5.22. The number of carbonyl (C=O) groups is 1. The molecule has 4 aliphatic heterocycles. The molecule has 0 radical (unpaired) electrons. The highest BCUT2D eigenvalue weighted by molar-refractivity contribution is 5.95. The largest absolute Gasteiger partial charge is 0.486 e.